The molecule has 1 atom stereocenters. The summed E-state index contributed by atoms with van der Waals surface area (Å²) in [7, 11) is 0. The number of esters is 1. The Morgan fingerprint density at radius 2 is 1.75 bits per heavy atom. The number of nitrogens with one attached hydrogen (secondary N) is 2. The first-order valence-corrected chi connectivity index (χ1v) is 9.57. The third kappa shape index (κ3) is 4.07. The third-order valence-corrected chi connectivity index (χ3v) is 5.03. The first kappa shape index (κ1) is 18.3. The maximum absolute atomic E-state index is 12.4. The van der Waals surface area contributed by atoms with Crippen molar-refractivity contribution in [1.82, 2.24) is 10.6 Å². The van der Waals surface area contributed by atoms with Gasteiger partial charge in [-0.05, 0) is 46.2 Å². The van der Waals surface area contributed by atoms with E-state index in [1.165, 1.54) is 0 Å². The minimum atomic E-state index is -0.566. The van der Waals surface area contributed by atoms with Crippen LogP contribution in [0.25, 0.3) is 10.8 Å². The highest BCUT2D eigenvalue weighted by molar-refractivity contribution is 9.10. The van der Waals surface area contributed by atoms with Gasteiger partial charge < -0.3 is 15.4 Å². The highest BCUT2D eigenvalue weighted by Crippen LogP contribution is 2.24. The average molecular weight is 437 g/mol. The van der Waals surface area contributed by atoms with Crippen LogP contribution in [0.3, 0.4) is 0 Å². The van der Waals surface area contributed by atoms with E-state index in [9.17, 15) is 9.59 Å². The van der Waals surface area contributed by atoms with E-state index in [4.69, 9.17) is 4.74 Å². The molecular formula is C22H17BrN2O3. The van der Waals surface area contributed by atoms with Crippen LogP contribution >= 0.6 is 15.9 Å². The van der Waals surface area contributed by atoms with E-state index in [1.54, 1.807) is 6.08 Å². The molecule has 0 spiro atoms. The number of amides is 2. The van der Waals surface area contributed by atoms with Crippen molar-refractivity contribution in [3.05, 3.63) is 94.1 Å². The van der Waals surface area contributed by atoms with Crippen LogP contribution < -0.4 is 10.6 Å². The van der Waals surface area contributed by atoms with E-state index < -0.39 is 18.0 Å². The van der Waals surface area contributed by atoms with Crippen molar-refractivity contribution >= 4 is 38.7 Å². The molecule has 2 amide bonds. The molecule has 0 aromatic heterocycles. The number of urea groups is 1. The maximum Gasteiger partial charge on any atom is 0.354 e. The number of rotatable bonds is 4. The molecule has 5 nitrogen and oxygen atoms in total. The van der Waals surface area contributed by atoms with E-state index in [1.807, 2.05) is 66.7 Å². The molecule has 2 N–H and O–H groups in total. The lowest BCUT2D eigenvalue weighted by atomic mass is 10.0. The molecule has 0 bridgehead atoms. The van der Waals surface area contributed by atoms with Gasteiger partial charge in [-0.25, -0.2) is 9.59 Å². The van der Waals surface area contributed by atoms with Crippen molar-refractivity contribution in [3.8, 4) is 0 Å². The molecule has 140 valence electrons. The second kappa shape index (κ2) is 7.86. The van der Waals surface area contributed by atoms with Gasteiger partial charge in [0.25, 0.3) is 0 Å². The zero-order chi connectivity index (χ0) is 19.5. The second-order valence-corrected chi connectivity index (χ2v) is 7.38. The predicted octanol–water partition coefficient (Wildman–Crippen LogP) is 4.58. The molecule has 6 heteroatoms. The van der Waals surface area contributed by atoms with Crippen molar-refractivity contribution in [2.45, 2.75) is 12.6 Å². The number of ether oxygens (including phenoxy) is 1. The van der Waals surface area contributed by atoms with Crippen LogP contribution in [-0.2, 0) is 16.1 Å². The minimum absolute atomic E-state index is 0.132. The smallest absolute Gasteiger partial charge is 0.354 e. The molecule has 0 radical (unpaired) electrons. The SMILES string of the molecule is O=C1NC(C(=O)OCc2ccc(Br)cc2)=CC(c2ccc3ccccc3c2)N1. The van der Waals surface area contributed by atoms with Crippen molar-refractivity contribution in [3.63, 3.8) is 0 Å². The Morgan fingerprint density at radius 1 is 1.00 bits per heavy atom. The van der Waals surface area contributed by atoms with Gasteiger partial charge >= 0.3 is 12.0 Å². The van der Waals surface area contributed by atoms with E-state index >= 15 is 0 Å². The number of carbonyl (C=O) groups is 2. The Hall–Kier alpha value is -3.12. The Labute approximate surface area is 170 Å². The Bertz CT molecular complexity index is 1080. The van der Waals surface area contributed by atoms with Crippen molar-refractivity contribution in [2.24, 2.45) is 0 Å². The first-order valence-electron chi connectivity index (χ1n) is 8.78. The minimum Gasteiger partial charge on any atom is -0.456 e. The lowest BCUT2D eigenvalue weighted by Gasteiger charge is -2.23. The number of benzene rings is 3. The number of hydrogen-bond donors (Lipinski definition) is 2. The second-order valence-electron chi connectivity index (χ2n) is 6.47. The summed E-state index contributed by atoms with van der Waals surface area (Å²) in [6.45, 7) is 0.132. The van der Waals surface area contributed by atoms with Gasteiger partial charge in [0.15, 0.2) is 0 Å². The van der Waals surface area contributed by atoms with E-state index in [0.29, 0.717) is 0 Å². The van der Waals surface area contributed by atoms with Gasteiger partial charge in [-0.15, -0.1) is 0 Å². The predicted molar refractivity (Wildman–Crippen MR) is 110 cm³/mol. The Morgan fingerprint density at radius 3 is 2.54 bits per heavy atom. The van der Waals surface area contributed by atoms with Crippen LogP contribution in [0.1, 0.15) is 17.2 Å². The van der Waals surface area contributed by atoms with Crippen LogP contribution in [0.4, 0.5) is 4.79 Å². The summed E-state index contributed by atoms with van der Waals surface area (Å²) < 4.78 is 6.30. The molecule has 1 aliphatic heterocycles. The quantitative estimate of drug-likeness (QED) is 0.587. The molecule has 1 aliphatic rings. The van der Waals surface area contributed by atoms with Crippen molar-refractivity contribution in [1.29, 1.82) is 0 Å². The zero-order valence-electron chi connectivity index (χ0n) is 14.8. The zero-order valence-corrected chi connectivity index (χ0v) is 16.4. The normalized spacial score (nSPS) is 16.1. The van der Waals surface area contributed by atoms with Crippen LogP contribution in [-0.4, -0.2) is 12.0 Å². The van der Waals surface area contributed by atoms with Gasteiger partial charge in [0.1, 0.15) is 12.3 Å². The van der Waals surface area contributed by atoms with Gasteiger partial charge in [-0.1, -0.05) is 64.5 Å². The standard InChI is InChI=1S/C22H17BrN2O3/c23-18-9-5-14(6-10-18)13-28-21(26)20-12-19(24-22(27)25-20)17-8-7-15-3-1-2-4-16(15)11-17/h1-12,19H,13H2,(H2,24,25,27). The highest BCUT2D eigenvalue weighted by Gasteiger charge is 2.24. The van der Waals surface area contributed by atoms with Gasteiger partial charge in [0.2, 0.25) is 0 Å². The average Bonchev–Trinajstić information content (AvgIpc) is 2.72. The molecule has 1 unspecified atom stereocenters. The summed E-state index contributed by atoms with van der Waals surface area (Å²) in [5.74, 6) is -0.566. The van der Waals surface area contributed by atoms with E-state index in [2.05, 4.69) is 26.6 Å². The van der Waals surface area contributed by atoms with Crippen molar-refractivity contribution < 1.29 is 14.3 Å². The monoisotopic (exact) mass is 436 g/mol. The third-order valence-electron chi connectivity index (χ3n) is 4.50. The number of hydrogen-bond acceptors (Lipinski definition) is 3. The largest absolute Gasteiger partial charge is 0.456 e. The molecule has 3 aromatic carbocycles. The fourth-order valence-corrected chi connectivity index (χ4v) is 3.32. The summed E-state index contributed by atoms with van der Waals surface area (Å²) in [6.07, 6.45) is 1.68. The Kier molecular flexibility index (Phi) is 5.12. The van der Waals surface area contributed by atoms with Gasteiger partial charge in [-0.2, -0.15) is 0 Å². The summed E-state index contributed by atoms with van der Waals surface area (Å²) in [6, 6.07) is 20.6. The summed E-state index contributed by atoms with van der Waals surface area (Å²) >= 11 is 3.37. The van der Waals surface area contributed by atoms with Gasteiger partial charge in [-0.3, -0.25) is 0 Å². The fraction of sp³-hybridized carbons (Fsp3) is 0.0909. The summed E-state index contributed by atoms with van der Waals surface area (Å²) in [4.78, 5) is 24.5. The number of halogens is 1. The van der Waals surface area contributed by atoms with Crippen LogP contribution in [0.2, 0.25) is 0 Å². The highest BCUT2D eigenvalue weighted by atomic mass is 79.9. The molecular weight excluding hydrogens is 420 g/mol. The fourth-order valence-electron chi connectivity index (χ4n) is 3.06. The molecule has 4 rings (SSSR count). The molecule has 1 heterocycles. The number of fused-ring (bicyclic) bond motifs is 1. The maximum atomic E-state index is 12.4. The Balaban J connectivity index is 1.52. The lowest BCUT2D eigenvalue weighted by molar-refractivity contribution is -0.140. The van der Waals surface area contributed by atoms with Crippen molar-refractivity contribution in [2.75, 3.05) is 0 Å². The van der Waals surface area contributed by atoms with Crippen LogP contribution in [0.5, 0.6) is 0 Å². The number of carbonyl (C=O) groups excluding carboxylic acids is 2. The van der Waals surface area contributed by atoms with E-state index in [0.717, 1.165) is 26.4 Å². The molecule has 3 aromatic rings. The van der Waals surface area contributed by atoms with Crippen LogP contribution in [0.15, 0.2) is 83.0 Å². The molecule has 0 aliphatic carbocycles. The summed E-state index contributed by atoms with van der Waals surface area (Å²) in [5.41, 5.74) is 1.90. The summed E-state index contributed by atoms with van der Waals surface area (Å²) in [5, 5.41) is 7.54. The molecule has 0 fully saturated rings. The lowest BCUT2D eigenvalue weighted by Crippen LogP contribution is -2.43. The van der Waals surface area contributed by atoms with Crippen LogP contribution in [0, 0.1) is 0 Å². The van der Waals surface area contributed by atoms with Gasteiger partial charge in [0.05, 0.1) is 6.04 Å². The molecule has 0 saturated carbocycles. The molecule has 28 heavy (non-hydrogen) atoms. The first-order chi connectivity index (χ1) is 13.6. The molecule has 0 saturated heterocycles. The van der Waals surface area contributed by atoms with E-state index in [-0.39, 0.29) is 12.3 Å². The van der Waals surface area contributed by atoms with Gasteiger partial charge in [0, 0.05) is 4.47 Å². The topological polar surface area (TPSA) is 67.4 Å².